The molecule has 0 radical (unpaired) electrons. The summed E-state index contributed by atoms with van der Waals surface area (Å²) in [5.41, 5.74) is -0.618. The number of ether oxygens (including phenoxy) is 1. The number of halogens is 3. The molecule has 2 aromatic carbocycles. The van der Waals surface area contributed by atoms with Gasteiger partial charge < -0.3 is 20.1 Å². The minimum absolute atomic E-state index is 0.00837. The number of phenolic OH excluding ortho intramolecular Hbond substituents is 1. The lowest BCUT2D eigenvalue weighted by Crippen LogP contribution is -2.44. The van der Waals surface area contributed by atoms with Crippen LogP contribution in [0, 0.1) is 11.6 Å². The van der Waals surface area contributed by atoms with Crippen molar-refractivity contribution in [2.75, 3.05) is 38.2 Å². The predicted molar refractivity (Wildman–Crippen MR) is 103 cm³/mol. The molecule has 1 aromatic heterocycles. The molecule has 0 spiro atoms. The first-order valence-electron chi connectivity index (χ1n) is 8.68. The average Bonchev–Trinajstić information content (AvgIpc) is 2.70. The standard InChI is InChI=1S/C19H17ClF2N4O2/c1-28-19-24-17-10(18(25-19)26-7-5-23-6-8-26)9-11(20)14(16(17)22)15-12(21)3-2-4-13(15)27/h2-4,9,23,27H,5-8H2,1H3. The van der Waals surface area contributed by atoms with Gasteiger partial charge in [0.1, 0.15) is 22.9 Å². The van der Waals surface area contributed by atoms with Gasteiger partial charge in [0.25, 0.3) is 0 Å². The molecule has 4 rings (SSSR count). The van der Waals surface area contributed by atoms with Crippen molar-refractivity contribution < 1.29 is 18.6 Å². The molecule has 146 valence electrons. The van der Waals surface area contributed by atoms with Crippen LogP contribution in [0.4, 0.5) is 14.6 Å². The first kappa shape index (κ1) is 18.6. The zero-order valence-electron chi connectivity index (χ0n) is 15.0. The lowest BCUT2D eigenvalue weighted by atomic mass is 10.0. The van der Waals surface area contributed by atoms with Crippen LogP contribution < -0.4 is 15.0 Å². The van der Waals surface area contributed by atoms with Gasteiger partial charge in [0.15, 0.2) is 5.82 Å². The molecule has 0 unspecified atom stereocenters. The maximum atomic E-state index is 15.5. The van der Waals surface area contributed by atoms with Crippen LogP contribution in [-0.4, -0.2) is 48.4 Å². The number of nitrogens with one attached hydrogen (secondary N) is 1. The number of nitrogens with zero attached hydrogens (tertiary/aromatic N) is 3. The summed E-state index contributed by atoms with van der Waals surface area (Å²) in [5.74, 6) is -1.56. The third kappa shape index (κ3) is 3.08. The van der Waals surface area contributed by atoms with E-state index in [-0.39, 0.29) is 27.7 Å². The van der Waals surface area contributed by atoms with Crippen LogP contribution in [-0.2, 0) is 0 Å². The second kappa shape index (κ2) is 7.37. The average molecular weight is 407 g/mol. The summed E-state index contributed by atoms with van der Waals surface area (Å²) in [4.78, 5) is 10.5. The Kier molecular flexibility index (Phi) is 4.91. The first-order valence-corrected chi connectivity index (χ1v) is 9.06. The molecular formula is C19H17ClF2N4O2. The molecule has 2 N–H and O–H groups in total. The van der Waals surface area contributed by atoms with Gasteiger partial charge in [0, 0.05) is 37.1 Å². The van der Waals surface area contributed by atoms with Gasteiger partial charge in [-0.15, -0.1) is 0 Å². The van der Waals surface area contributed by atoms with Crippen molar-refractivity contribution in [3.63, 3.8) is 0 Å². The molecule has 9 heteroatoms. The van der Waals surface area contributed by atoms with E-state index in [4.69, 9.17) is 16.3 Å². The molecule has 0 aliphatic carbocycles. The number of anilines is 1. The van der Waals surface area contributed by atoms with Crippen LogP contribution in [0.25, 0.3) is 22.0 Å². The van der Waals surface area contributed by atoms with Crippen molar-refractivity contribution in [1.29, 1.82) is 0 Å². The Hall–Kier alpha value is -2.71. The summed E-state index contributed by atoms with van der Waals surface area (Å²) in [5, 5.41) is 13.7. The van der Waals surface area contributed by atoms with Crippen LogP contribution in [0.1, 0.15) is 0 Å². The van der Waals surface area contributed by atoms with Crippen LogP contribution in [0.15, 0.2) is 24.3 Å². The van der Waals surface area contributed by atoms with Crippen LogP contribution in [0.5, 0.6) is 11.8 Å². The highest BCUT2D eigenvalue weighted by Crippen LogP contribution is 2.42. The molecule has 0 amide bonds. The van der Waals surface area contributed by atoms with E-state index in [1.807, 2.05) is 4.90 Å². The zero-order chi connectivity index (χ0) is 19.8. The normalized spacial score (nSPS) is 14.5. The van der Waals surface area contributed by atoms with Crippen molar-refractivity contribution in [2.45, 2.75) is 0 Å². The van der Waals surface area contributed by atoms with E-state index >= 15 is 4.39 Å². The largest absolute Gasteiger partial charge is 0.507 e. The summed E-state index contributed by atoms with van der Waals surface area (Å²) >= 11 is 6.34. The Morgan fingerprint density at radius 2 is 1.93 bits per heavy atom. The summed E-state index contributed by atoms with van der Waals surface area (Å²) < 4.78 is 35.0. The van der Waals surface area contributed by atoms with Crippen LogP contribution >= 0.6 is 11.6 Å². The van der Waals surface area contributed by atoms with E-state index in [9.17, 15) is 9.50 Å². The SMILES string of the molecule is COc1nc(N2CCNCC2)c2cc(Cl)c(-c3c(O)cccc3F)c(F)c2n1. The maximum Gasteiger partial charge on any atom is 0.318 e. The molecule has 1 saturated heterocycles. The van der Waals surface area contributed by atoms with Crippen molar-refractivity contribution >= 4 is 28.3 Å². The van der Waals surface area contributed by atoms with Gasteiger partial charge in [0.2, 0.25) is 0 Å². The van der Waals surface area contributed by atoms with Gasteiger partial charge in [-0.25, -0.2) is 8.78 Å². The van der Waals surface area contributed by atoms with Crippen molar-refractivity contribution in [3.05, 3.63) is 40.9 Å². The van der Waals surface area contributed by atoms with Gasteiger partial charge in [0.05, 0.1) is 17.7 Å². The Morgan fingerprint density at radius 1 is 1.18 bits per heavy atom. The minimum Gasteiger partial charge on any atom is -0.507 e. The third-order valence-corrected chi connectivity index (χ3v) is 4.98. The molecule has 3 aromatic rings. The van der Waals surface area contributed by atoms with E-state index in [1.165, 1.54) is 25.3 Å². The van der Waals surface area contributed by atoms with E-state index in [2.05, 4.69) is 15.3 Å². The highest BCUT2D eigenvalue weighted by molar-refractivity contribution is 6.34. The lowest BCUT2D eigenvalue weighted by molar-refractivity contribution is 0.381. The number of aromatic hydroxyl groups is 1. The third-order valence-electron chi connectivity index (χ3n) is 4.68. The number of aromatic nitrogens is 2. The van der Waals surface area contributed by atoms with Gasteiger partial charge in [-0.05, 0) is 18.2 Å². The van der Waals surface area contributed by atoms with Gasteiger partial charge >= 0.3 is 6.01 Å². The molecule has 0 bridgehead atoms. The summed E-state index contributed by atoms with van der Waals surface area (Å²) in [6.45, 7) is 2.85. The fourth-order valence-electron chi connectivity index (χ4n) is 3.36. The van der Waals surface area contributed by atoms with Crippen molar-refractivity contribution in [2.24, 2.45) is 0 Å². The highest BCUT2D eigenvalue weighted by Gasteiger charge is 2.25. The molecular weight excluding hydrogens is 390 g/mol. The van der Waals surface area contributed by atoms with E-state index in [1.54, 1.807) is 0 Å². The second-order valence-electron chi connectivity index (χ2n) is 6.35. The Bertz CT molecular complexity index is 1040. The Morgan fingerprint density at radius 3 is 2.61 bits per heavy atom. The molecule has 1 fully saturated rings. The molecule has 28 heavy (non-hydrogen) atoms. The van der Waals surface area contributed by atoms with E-state index in [0.29, 0.717) is 24.3 Å². The number of fused-ring (bicyclic) bond motifs is 1. The van der Waals surface area contributed by atoms with Gasteiger partial charge in [-0.1, -0.05) is 17.7 Å². The number of phenols is 1. The summed E-state index contributed by atoms with van der Waals surface area (Å²) in [6.07, 6.45) is 0. The first-order chi connectivity index (χ1) is 13.5. The number of piperazine rings is 1. The second-order valence-corrected chi connectivity index (χ2v) is 6.76. The van der Waals surface area contributed by atoms with Gasteiger partial charge in [-0.3, -0.25) is 0 Å². The maximum absolute atomic E-state index is 15.5. The monoisotopic (exact) mass is 406 g/mol. The van der Waals surface area contributed by atoms with Crippen LogP contribution in [0.2, 0.25) is 5.02 Å². The predicted octanol–water partition coefficient (Wildman–Crippen LogP) is 3.35. The fourth-order valence-corrected chi connectivity index (χ4v) is 3.64. The summed E-state index contributed by atoms with van der Waals surface area (Å²) in [7, 11) is 1.39. The molecule has 0 saturated carbocycles. The highest BCUT2D eigenvalue weighted by atomic mass is 35.5. The van der Waals surface area contributed by atoms with Gasteiger partial charge in [-0.2, -0.15) is 9.97 Å². The van der Waals surface area contributed by atoms with Crippen molar-refractivity contribution in [3.8, 4) is 22.9 Å². The molecule has 6 nitrogen and oxygen atoms in total. The molecule has 2 heterocycles. The minimum atomic E-state index is -0.847. The quantitative estimate of drug-likeness (QED) is 0.695. The van der Waals surface area contributed by atoms with E-state index < -0.39 is 17.4 Å². The number of benzene rings is 2. The van der Waals surface area contributed by atoms with Crippen molar-refractivity contribution in [1.82, 2.24) is 15.3 Å². The molecule has 1 aliphatic rings. The Labute approximate surface area is 164 Å². The number of methoxy groups -OCH3 is 1. The smallest absolute Gasteiger partial charge is 0.318 e. The number of hydrogen-bond donors (Lipinski definition) is 2. The topological polar surface area (TPSA) is 70.5 Å². The molecule has 1 aliphatic heterocycles. The number of rotatable bonds is 3. The molecule has 0 atom stereocenters. The fraction of sp³-hybridized carbons (Fsp3) is 0.263. The zero-order valence-corrected chi connectivity index (χ0v) is 15.7. The summed E-state index contributed by atoms with van der Waals surface area (Å²) in [6, 6.07) is 5.21. The van der Waals surface area contributed by atoms with Crippen LogP contribution in [0.3, 0.4) is 0 Å². The lowest BCUT2D eigenvalue weighted by Gasteiger charge is -2.29. The number of hydrogen-bond acceptors (Lipinski definition) is 6. The Balaban J connectivity index is 2.01. The van der Waals surface area contributed by atoms with E-state index in [0.717, 1.165) is 19.2 Å².